The number of aromatic nitrogens is 3. The van der Waals surface area contributed by atoms with E-state index in [0.717, 1.165) is 37.9 Å². The summed E-state index contributed by atoms with van der Waals surface area (Å²) in [5.41, 5.74) is 1.09. The highest BCUT2D eigenvalue weighted by atomic mass is 32.2. The Morgan fingerprint density at radius 1 is 1.17 bits per heavy atom. The molecular weight excluding hydrogens is 416 g/mol. The molecule has 4 rings (SSSR count). The average Bonchev–Trinajstić information content (AvgIpc) is 3.41. The Morgan fingerprint density at radius 2 is 1.97 bits per heavy atom. The molecule has 0 aliphatic heterocycles. The Labute approximate surface area is 183 Å². The van der Waals surface area contributed by atoms with Crippen molar-refractivity contribution >= 4 is 39.8 Å². The monoisotopic (exact) mass is 438 g/mol. The van der Waals surface area contributed by atoms with E-state index in [1.165, 1.54) is 11.8 Å². The molecule has 2 aromatic heterocycles. The topological polar surface area (TPSA) is 60.2 Å². The first-order chi connectivity index (χ1) is 14.5. The smallest absolute Gasteiger partial charge is 0.233 e. The number of fused-ring (bicyclic) bond motifs is 1. The number of carbonyl (C=O) groups excluding carboxylic acids is 1. The summed E-state index contributed by atoms with van der Waals surface area (Å²) in [7, 11) is 5.42. The number of thiophene rings is 1. The first-order valence-electron chi connectivity index (χ1n) is 9.42. The molecule has 0 saturated heterocycles. The molecule has 0 fully saturated rings. The van der Waals surface area contributed by atoms with Crippen LogP contribution in [0.4, 0.5) is 0 Å². The molecule has 8 heteroatoms. The summed E-state index contributed by atoms with van der Waals surface area (Å²) < 4.78 is 7.21. The number of hydrogen-bond donors (Lipinski definition) is 0. The minimum absolute atomic E-state index is 0.0514. The molecule has 0 aliphatic rings. The standard InChI is InChI=1S/C22H22N4O2S2/c1-25(13-15-6-7-17-12-18(28-3)9-8-16(17)11-15)20(27)14-30-22-24-23-21(26(22)2)19-5-4-10-29-19/h4-12H,13-14H2,1-3H3. The quantitative estimate of drug-likeness (QED) is 0.399. The Morgan fingerprint density at radius 3 is 2.73 bits per heavy atom. The first kappa shape index (κ1) is 20.4. The van der Waals surface area contributed by atoms with Gasteiger partial charge in [0.15, 0.2) is 11.0 Å². The molecule has 0 bridgehead atoms. The number of rotatable bonds is 7. The highest BCUT2D eigenvalue weighted by molar-refractivity contribution is 7.99. The number of thioether (sulfide) groups is 1. The lowest BCUT2D eigenvalue weighted by atomic mass is 10.1. The van der Waals surface area contributed by atoms with Crippen LogP contribution in [0.15, 0.2) is 59.1 Å². The zero-order valence-corrected chi connectivity index (χ0v) is 18.7. The third-order valence-electron chi connectivity index (χ3n) is 4.86. The molecule has 2 aromatic carbocycles. The van der Waals surface area contributed by atoms with Gasteiger partial charge in [-0.05, 0) is 46.0 Å². The summed E-state index contributed by atoms with van der Waals surface area (Å²) >= 11 is 3.03. The predicted octanol–water partition coefficient (Wildman–Crippen LogP) is 4.46. The second-order valence-corrected chi connectivity index (χ2v) is 8.82. The van der Waals surface area contributed by atoms with E-state index in [1.54, 1.807) is 23.3 Å². The van der Waals surface area contributed by atoms with Crippen LogP contribution in [-0.4, -0.2) is 45.5 Å². The lowest BCUT2D eigenvalue weighted by molar-refractivity contribution is -0.127. The Kier molecular flexibility index (Phi) is 6.06. The van der Waals surface area contributed by atoms with E-state index in [1.807, 2.05) is 54.4 Å². The number of carbonyl (C=O) groups is 1. The van der Waals surface area contributed by atoms with E-state index in [2.05, 4.69) is 28.4 Å². The summed E-state index contributed by atoms with van der Waals surface area (Å²) in [6.45, 7) is 0.556. The number of benzene rings is 2. The fourth-order valence-corrected chi connectivity index (χ4v) is 4.75. The zero-order chi connectivity index (χ0) is 21.1. The van der Waals surface area contributed by atoms with Crippen molar-refractivity contribution in [2.24, 2.45) is 7.05 Å². The van der Waals surface area contributed by atoms with Crippen LogP contribution < -0.4 is 4.74 Å². The van der Waals surface area contributed by atoms with Crippen molar-refractivity contribution in [3.05, 3.63) is 59.5 Å². The lowest BCUT2D eigenvalue weighted by Crippen LogP contribution is -2.27. The average molecular weight is 439 g/mol. The van der Waals surface area contributed by atoms with Crippen molar-refractivity contribution in [1.29, 1.82) is 0 Å². The first-order valence-corrected chi connectivity index (χ1v) is 11.3. The molecule has 0 aliphatic carbocycles. The van der Waals surface area contributed by atoms with Gasteiger partial charge in [-0.15, -0.1) is 21.5 Å². The van der Waals surface area contributed by atoms with Gasteiger partial charge in [-0.3, -0.25) is 4.79 Å². The second kappa shape index (κ2) is 8.89. The van der Waals surface area contributed by atoms with Gasteiger partial charge >= 0.3 is 0 Å². The van der Waals surface area contributed by atoms with Gasteiger partial charge in [-0.2, -0.15) is 0 Å². The molecule has 0 atom stereocenters. The third-order valence-corrected chi connectivity index (χ3v) is 6.73. The van der Waals surface area contributed by atoms with Gasteiger partial charge in [0.1, 0.15) is 5.75 Å². The fourth-order valence-electron chi connectivity index (χ4n) is 3.16. The maximum absolute atomic E-state index is 12.6. The van der Waals surface area contributed by atoms with Crippen LogP contribution in [0.5, 0.6) is 5.75 Å². The molecule has 154 valence electrons. The molecule has 0 radical (unpaired) electrons. The summed E-state index contributed by atoms with van der Waals surface area (Å²) in [4.78, 5) is 15.5. The van der Waals surface area contributed by atoms with Gasteiger partial charge < -0.3 is 14.2 Å². The second-order valence-electron chi connectivity index (χ2n) is 6.93. The van der Waals surface area contributed by atoms with Crippen LogP contribution in [0.1, 0.15) is 5.56 Å². The molecule has 6 nitrogen and oxygen atoms in total. The summed E-state index contributed by atoms with van der Waals surface area (Å²) in [5.74, 6) is 2.03. The van der Waals surface area contributed by atoms with Crippen molar-refractivity contribution in [3.8, 4) is 16.5 Å². The normalized spacial score (nSPS) is 11.0. The Balaban J connectivity index is 1.38. The molecule has 4 aromatic rings. The van der Waals surface area contributed by atoms with E-state index in [0.29, 0.717) is 12.3 Å². The molecule has 30 heavy (non-hydrogen) atoms. The lowest BCUT2D eigenvalue weighted by Gasteiger charge is -2.17. The molecule has 1 amide bonds. The summed E-state index contributed by atoms with van der Waals surface area (Å²) in [6.07, 6.45) is 0. The van der Waals surface area contributed by atoms with Gasteiger partial charge in [0.25, 0.3) is 0 Å². The van der Waals surface area contributed by atoms with E-state index >= 15 is 0 Å². The van der Waals surface area contributed by atoms with Gasteiger partial charge in [-0.25, -0.2) is 0 Å². The van der Waals surface area contributed by atoms with Crippen LogP contribution in [0.3, 0.4) is 0 Å². The van der Waals surface area contributed by atoms with Gasteiger partial charge in [-0.1, -0.05) is 36.0 Å². The SMILES string of the molecule is COc1ccc2cc(CN(C)C(=O)CSc3nnc(-c4cccs4)n3C)ccc2c1. The summed E-state index contributed by atoms with van der Waals surface area (Å²) in [6, 6.07) is 16.2. The maximum atomic E-state index is 12.6. The molecule has 2 heterocycles. The number of hydrogen-bond acceptors (Lipinski definition) is 6. The van der Waals surface area contributed by atoms with Crippen molar-refractivity contribution in [3.63, 3.8) is 0 Å². The number of methoxy groups -OCH3 is 1. The Hall–Kier alpha value is -2.84. The van der Waals surface area contributed by atoms with E-state index in [9.17, 15) is 4.79 Å². The van der Waals surface area contributed by atoms with Crippen molar-refractivity contribution < 1.29 is 9.53 Å². The van der Waals surface area contributed by atoms with E-state index < -0.39 is 0 Å². The predicted molar refractivity (Wildman–Crippen MR) is 122 cm³/mol. The van der Waals surface area contributed by atoms with Crippen LogP contribution in [0, 0.1) is 0 Å². The Bertz CT molecular complexity index is 1170. The van der Waals surface area contributed by atoms with Gasteiger partial charge in [0, 0.05) is 20.6 Å². The zero-order valence-electron chi connectivity index (χ0n) is 17.0. The maximum Gasteiger partial charge on any atom is 0.233 e. The van der Waals surface area contributed by atoms with Crippen molar-refractivity contribution in [2.45, 2.75) is 11.7 Å². The highest BCUT2D eigenvalue weighted by Crippen LogP contribution is 2.26. The number of amides is 1. The van der Waals surface area contributed by atoms with Gasteiger partial charge in [0.05, 0.1) is 17.7 Å². The highest BCUT2D eigenvalue weighted by Gasteiger charge is 2.15. The van der Waals surface area contributed by atoms with Crippen molar-refractivity contribution in [1.82, 2.24) is 19.7 Å². The number of nitrogens with zero attached hydrogens (tertiary/aromatic N) is 4. The van der Waals surface area contributed by atoms with E-state index in [4.69, 9.17) is 4.74 Å². The van der Waals surface area contributed by atoms with Crippen LogP contribution >= 0.6 is 23.1 Å². The largest absolute Gasteiger partial charge is 0.497 e. The summed E-state index contributed by atoms with van der Waals surface area (Å²) in [5, 5.41) is 13.5. The van der Waals surface area contributed by atoms with Gasteiger partial charge in [0.2, 0.25) is 5.91 Å². The molecule has 0 saturated carbocycles. The number of ether oxygens (including phenoxy) is 1. The molecule has 0 N–H and O–H groups in total. The molecule has 0 spiro atoms. The van der Waals surface area contributed by atoms with Crippen LogP contribution in [0.2, 0.25) is 0 Å². The minimum Gasteiger partial charge on any atom is -0.497 e. The third kappa shape index (κ3) is 4.34. The minimum atomic E-state index is 0.0514. The molecular formula is C22H22N4O2S2. The fraction of sp³-hybridized carbons (Fsp3) is 0.227. The van der Waals surface area contributed by atoms with Crippen LogP contribution in [-0.2, 0) is 18.4 Å². The van der Waals surface area contributed by atoms with Crippen LogP contribution in [0.25, 0.3) is 21.5 Å². The van der Waals surface area contributed by atoms with E-state index in [-0.39, 0.29) is 5.91 Å². The van der Waals surface area contributed by atoms with Crippen molar-refractivity contribution in [2.75, 3.05) is 19.9 Å². The molecule has 0 unspecified atom stereocenters.